The molecule has 0 aliphatic carbocycles. The summed E-state index contributed by atoms with van der Waals surface area (Å²) in [4.78, 5) is 11.8. The molecule has 0 aliphatic heterocycles. The first-order valence-corrected chi connectivity index (χ1v) is 9.50. The molecule has 2 aromatic carbocycles. The van der Waals surface area contributed by atoms with Crippen molar-refractivity contribution in [3.8, 4) is 23.3 Å². The third kappa shape index (κ3) is 5.67. The Morgan fingerprint density at radius 2 is 2.00 bits per heavy atom. The van der Waals surface area contributed by atoms with E-state index in [9.17, 15) is 9.18 Å². The van der Waals surface area contributed by atoms with Crippen molar-refractivity contribution in [2.75, 3.05) is 12.4 Å². The lowest BCUT2D eigenvalue weighted by atomic mass is 10.2. The summed E-state index contributed by atoms with van der Waals surface area (Å²) in [5.41, 5.74) is 1.10. The van der Waals surface area contributed by atoms with E-state index in [0.717, 1.165) is 4.47 Å². The molecule has 0 spiro atoms. The van der Waals surface area contributed by atoms with Crippen LogP contribution in [-0.2, 0) is 4.74 Å². The van der Waals surface area contributed by atoms with Gasteiger partial charge >= 0.3 is 5.97 Å². The SMILES string of the molecule is O=C(OCC#CCSc1nnc(-c2ccc(F)cc2)o1)c1cccc(Br)c1. The van der Waals surface area contributed by atoms with Crippen LogP contribution in [0.1, 0.15) is 10.4 Å². The van der Waals surface area contributed by atoms with Gasteiger partial charge in [0, 0.05) is 10.0 Å². The average Bonchev–Trinajstić information content (AvgIpc) is 3.14. The van der Waals surface area contributed by atoms with Gasteiger partial charge in [-0.05, 0) is 42.5 Å². The van der Waals surface area contributed by atoms with Gasteiger partial charge in [0.05, 0.1) is 11.3 Å². The topological polar surface area (TPSA) is 65.2 Å². The minimum atomic E-state index is -0.431. The molecule has 0 amide bonds. The standard InChI is InChI=1S/C19H12BrFN2O3S/c20-15-5-3-4-14(12-15)18(24)25-10-1-2-11-27-19-23-22-17(26-19)13-6-8-16(21)9-7-13/h3-9,12H,10-11H2. The molecule has 0 aliphatic rings. The van der Waals surface area contributed by atoms with Crippen LogP contribution in [0.25, 0.3) is 11.5 Å². The van der Waals surface area contributed by atoms with Gasteiger partial charge < -0.3 is 9.15 Å². The van der Waals surface area contributed by atoms with Crippen molar-refractivity contribution in [1.82, 2.24) is 10.2 Å². The van der Waals surface area contributed by atoms with E-state index in [-0.39, 0.29) is 12.4 Å². The first-order chi connectivity index (χ1) is 13.1. The van der Waals surface area contributed by atoms with E-state index in [2.05, 4.69) is 38.0 Å². The van der Waals surface area contributed by atoms with Crippen LogP contribution in [-0.4, -0.2) is 28.5 Å². The molecule has 0 bridgehead atoms. The van der Waals surface area contributed by atoms with Crippen LogP contribution in [0.5, 0.6) is 0 Å². The molecular weight excluding hydrogens is 435 g/mol. The lowest BCUT2D eigenvalue weighted by Crippen LogP contribution is -2.05. The van der Waals surface area contributed by atoms with Gasteiger partial charge in [-0.2, -0.15) is 0 Å². The lowest BCUT2D eigenvalue weighted by molar-refractivity contribution is 0.0556. The van der Waals surface area contributed by atoms with Crippen molar-refractivity contribution < 1.29 is 18.3 Å². The van der Waals surface area contributed by atoms with E-state index in [0.29, 0.717) is 28.0 Å². The molecule has 0 unspecified atom stereocenters. The van der Waals surface area contributed by atoms with Crippen LogP contribution < -0.4 is 0 Å². The van der Waals surface area contributed by atoms with Crippen molar-refractivity contribution >= 4 is 33.7 Å². The van der Waals surface area contributed by atoms with Crippen LogP contribution >= 0.6 is 27.7 Å². The van der Waals surface area contributed by atoms with Gasteiger partial charge in [-0.3, -0.25) is 0 Å². The molecule has 3 rings (SSSR count). The van der Waals surface area contributed by atoms with E-state index in [4.69, 9.17) is 9.15 Å². The summed E-state index contributed by atoms with van der Waals surface area (Å²) < 4.78 is 24.3. The van der Waals surface area contributed by atoms with Crippen LogP contribution in [0, 0.1) is 17.7 Å². The molecule has 1 heterocycles. The maximum atomic E-state index is 12.9. The van der Waals surface area contributed by atoms with Crippen molar-refractivity contribution in [3.63, 3.8) is 0 Å². The number of halogens is 2. The number of ether oxygens (including phenoxy) is 1. The maximum Gasteiger partial charge on any atom is 0.339 e. The molecule has 0 N–H and O–H groups in total. The summed E-state index contributed by atoms with van der Waals surface area (Å²) in [5, 5.41) is 8.17. The zero-order valence-electron chi connectivity index (χ0n) is 13.8. The lowest BCUT2D eigenvalue weighted by Gasteiger charge is -2.00. The highest BCUT2D eigenvalue weighted by Gasteiger charge is 2.08. The Morgan fingerprint density at radius 3 is 2.78 bits per heavy atom. The molecule has 1 aromatic heterocycles. The maximum absolute atomic E-state index is 12.9. The molecule has 5 nitrogen and oxygen atoms in total. The molecule has 27 heavy (non-hydrogen) atoms. The van der Waals surface area contributed by atoms with Crippen LogP contribution in [0.4, 0.5) is 4.39 Å². The van der Waals surface area contributed by atoms with Gasteiger partial charge in [-0.1, -0.05) is 45.6 Å². The molecular formula is C19H12BrFN2O3S. The highest BCUT2D eigenvalue weighted by molar-refractivity contribution is 9.10. The molecule has 0 saturated carbocycles. The van der Waals surface area contributed by atoms with Crippen molar-refractivity contribution in [3.05, 3.63) is 64.4 Å². The van der Waals surface area contributed by atoms with Gasteiger partial charge in [-0.25, -0.2) is 9.18 Å². The Labute approximate surface area is 167 Å². The zero-order valence-corrected chi connectivity index (χ0v) is 16.2. The Morgan fingerprint density at radius 1 is 1.19 bits per heavy atom. The number of esters is 1. The van der Waals surface area contributed by atoms with Crippen molar-refractivity contribution in [1.29, 1.82) is 0 Å². The largest absolute Gasteiger partial charge is 0.449 e. The fourth-order valence-electron chi connectivity index (χ4n) is 1.98. The fraction of sp³-hybridized carbons (Fsp3) is 0.105. The highest BCUT2D eigenvalue weighted by atomic mass is 79.9. The van der Waals surface area contributed by atoms with Crippen molar-refractivity contribution in [2.45, 2.75) is 5.22 Å². The minimum absolute atomic E-state index is 0.00340. The number of carbonyl (C=O) groups excluding carboxylic acids is 1. The van der Waals surface area contributed by atoms with Crippen LogP contribution in [0.15, 0.2) is 62.6 Å². The van der Waals surface area contributed by atoms with Gasteiger partial charge in [0.2, 0.25) is 5.89 Å². The Bertz CT molecular complexity index is 996. The number of aromatic nitrogens is 2. The van der Waals surface area contributed by atoms with Gasteiger partial charge in [0.15, 0.2) is 6.61 Å². The van der Waals surface area contributed by atoms with E-state index in [1.54, 1.807) is 30.3 Å². The number of hydrogen-bond acceptors (Lipinski definition) is 6. The predicted molar refractivity (Wildman–Crippen MR) is 103 cm³/mol. The van der Waals surface area contributed by atoms with E-state index in [1.165, 1.54) is 23.9 Å². The second-order valence-corrected chi connectivity index (χ2v) is 6.95. The smallest absolute Gasteiger partial charge is 0.339 e. The summed E-state index contributed by atoms with van der Waals surface area (Å²) in [6.45, 7) is -0.00340. The normalized spacial score (nSPS) is 10.1. The molecule has 0 saturated heterocycles. The second kappa shape index (κ2) is 9.35. The second-order valence-electron chi connectivity index (χ2n) is 5.11. The third-order valence-electron chi connectivity index (χ3n) is 3.23. The van der Waals surface area contributed by atoms with Crippen LogP contribution in [0.3, 0.4) is 0 Å². The van der Waals surface area contributed by atoms with Gasteiger partial charge in [-0.15, -0.1) is 10.2 Å². The number of benzene rings is 2. The number of rotatable bonds is 5. The first-order valence-electron chi connectivity index (χ1n) is 7.72. The molecule has 8 heteroatoms. The third-order valence-corrected chi connectivity index (χ3v) is 4.42. The van der Waals surface area contributed by atoms with E-state index >= 15 is 0 Å². The summed E-state index contributed by atoms with van der Waals surface area (Å²) in [6.07, 6.45) is 0. The van der Waals surface area contributed by atoms with E-state index < -0.39 is 5.97 Å². The molecule has 136 valence electrons. The van der Waals surface area contributed by atoms with Crippen LogP contribution in [0.2, 0.25) is 0 Å². The first kappa shape index (κ1) is 19.1. The van der Waals surface area contributed by atoms with Crippen molar-refractivity contribution in [2.24, 2.45) is 0 Å². The van der Waals surface area contributed by atoms with Gasteiger partial charge in [0.25, 0.3) is 5.22 Å². The summed E-state index contributed by atoms with van der Waals surface area (Å²) in [6, 6.07) is 12.7. The number of hydrogen-bond donors (Lipinski definition) is 0. The summed E-state index contributed by atoms with van der Waals surface area (Å²) in [7, 11) is 0. The Kier molecular flexibility index (Phi) is 6.63. The Hall–Kier alpha value is -2.63. The monoisotopic (exact) mass is 446 g/mol. The number of nitrogens with zero attached hydrogens (tertiary/aromatic N) is 2. The molecule has 0 atom stereocenters. The van der Waals surface area contributed by atoms with Gasteiger partial charge in [0.1, 0.15) is 5.82 Å². The number of carbonyl (C=O) groups is 1. The number of thioether (sulfide) groups is 1. The highest BCUT2D eigenvalue weighted by Crippen LogP contribution is 2.22. The zero-order chi connectivity index (χ0) is 19.1. The van der Waals surface area contributed by atoms with E-state index in [1.807, 2.05) is 6.07 Å². The molecule has 0 fully saturated rings. The summed E-state index contributed by atoms with van der Waals surface area (Å²) >= 11 is 4.56. The quantitative estimate of drug-likeness (QED) is 0.324. The molecule has 0 radical (unpaired) electrons. The predicted octanol–water partition coefficient (Wildman–Crippen LogP) is 4.59. The fourth-order valence-corrected chi connectivity index (χ4v) is 2.91. The Balaban J connectivity index is 1.44. The molecule has 3 aromatic rings. The minimum Gasteiger partial charge on any atom is -0.449 e. The average molecular weight is 447 g/mol. The summed E-state index contributed by atoms with van der Waals surface area (Å²) in [5.74, 6) is 5.57.